The Morgan fingerprint density at radius 1 is 1.17 bits per heavy atom. The molecule has 0 spiro atoms. The van der Waals surface area contributed by atoms with Gasteiger partial charge in [0.1, 0.15) is 18.1 Å². The first-order valence-electron chi connectivity index (χ1n) is 8.42. The van der Waals surface area contributed by atoms with Crippen molar-refractivity contribution in [2.24, 2.45) is 0 Å². The van der Waals surface area contributed by atoms with Crippen LogP contribution in [0.1, 0.15) is 18.1 Å². The number of likely N-dealkylation sites (N-methyl/N-ethyl adjacent to an activating group) is 1. The number of amides is 1. The lowest BCUT2D eigenvalue weighted by Gasteiger charge is -2.36. The van der Waals surface area contributed by atoms with Gasteiger partial charge in [0, 0.05) is 17.2 Å². The number of hydrogen-bond acceptors (Lipinski definition) is 3. The Kier molecular flexibility index (Phi) is 4.96. The molecule has 1 amide bonds. The number of carboxylic acids is 1. The number of hydrogen-bond donors (Lipinski definition) is 1. The average Bonchev–Trinajstić information content (AvgIpc) is 2.58. The molecule has 0 aliphatic carbocycles. The first-order valence-corrected chi connectivity index (χ1v) is 8.42. The summed E-state index contributed by atoms with van der Waals surface area (Å²) >= 11 is 0. The van der Waals surface area contributed by atoms with Crippen LogP contribution in [-0.4, -0.2) is 30.4 Å². The van der Waals surface area contributed by atoms with Crippen LogP contribution in [0.15, 0.2) is 48.0 Å². The van der Waals surface area contributed by atoms with E-state index in [-0.39, 0.29) is 17.8 Å². The third kappa shape index (κ3) is 3.86. The summed E-state index contributed by atoms with van der Waals surface area (Å²) in [7, 11) is 1.37. The second-order valence-corrected chi connectivity index (χ2v) is 6.82. The van der Waals surface area contributed by atoms with Gasteiger partial charge in [-0.2, -0.15) is 0 Å². The van der Waals surface area contributed by atoms with Gasteiger partial charge in [0.05, 0.1) is 7.05 Å². The average molecular weight is 410 g/mol. The van der Waals surface area contributed by atoms with Gasteiger partial charge in [-0.25, -0.2) is 18.5 Å². The molecule has 29 heavy (non-hydrogen) atoms. The Morgan fingerprint density at radius 3 is 2.45 bits per heavy atom. The maximum atomic E-state index is 13.6. The zero-order chi connectivity index (χ0) is 21.6. The molecule has 1 aliphatic rings. The van der Waals surface area contributed by atoms with E-state index in [1.807, 2.05) is 0 Å². The van der Waals surface area contributed by atoms with Crippen molar-refractivity contribution in [3.63, 3.8) is 0 Å². The molecule has 0 radical (unpaired) electrons. The molecule has 0 saturated carbocycles. The summed E-state index contributed by atoms with van der Waals surface area (Å²) in [5.41, 5.74) is 0.462. The summed E-state index contributed by atoms with van der Waals surface area (Å²) in [6.07, 6.45) is -4.93. The van der Waals surface area contributed by atoms with E-state index < -0.39 is 39.9 Å². The number of ether oxygens (including phenoxy) is 1. The van der Waals surface area contributed by atoms with Crippen LogP contribution in [0.25, 0.3) is 5.57 Å². The SMILES string of the molecule is CC1=C(C(=O)O)C(=O)[N+](C)(Cc2cccc(F)c2)c2cc(OC(F)(F)F)ccc21. The summed E-state index contributed by atoms with van der Waals surface area (Å²) in [4.78, 5) is 24.8. The van der Waals surface area contributed by atoms with Crippen molar-refractivity contribution >= 4 is 23.1 Å². The number of benzene rings is 2. The molecule has 3 rings (SSSR count). The van der Waals surface area contributed by atoms with Crippen molar-refractivity contribution < 1.29 is 37.0 Å². The van der Waals surface area contributed by atoms with Gasteiger partial charge in [-0.05, 0) is 36.8 Å². The molecule has 5 nitrogen and oxygen atoms in total. The summed E-state index contributed by atoms with van der Waals surface area (Å²) in [5, 5.41) is 9.53. The number of nitrogens with zero attached hydrogens (tertiary/aromatic N) is 1. The highest BCUT2D eigenvalue weighted by atomic mass is 19.4. The van der Waals surface area contributed by atoms with Gasteiger partial charge in [-0.15, -0.1) is 13.2 Å². The number of allylic oxidation sites excluding steroid dienone is 1. The minimum absolute atomic E-state index is 0.128. The van der Waals surface area contributed by atoms with Crippen molar-refractivity contribution in [3.8, 4) is 5.75 Å². The van der Waals surface area contributed by atoms with E-state index >= 15 is 0 Å². The van der Waals surface area contributed by atoms with Crippen LogP contribution in [0, 0.1) is 5.82 Å². The molecule has 0 fully saturated rings. The largest absolute Gasteiger partial charge is 0.573 e. The summed E-state index contributed by atoms with van der Waals surface area (Å²) in [6, 6.07) is 8.74. The van der Waals surface area contributed by atoms with Gasteiger partial charge in [-0.3, -0.25) is 0 Å². The molecule has 1 unspecified atom stereocenters. The van der Waals surface area contributed by atoms with Gasteiger partial charge in [0.25, 0.3) is 0 Å². The normalized spacial score (nSPS) is 19.2. The van der Waals surface area contributed by atoms with Crippen molar-refractivity contribution in [2.75, 3.05) is 7.05 Å². The maximum Gasteiger partial charge on any atom is 0.573 e. The van der Waals surface area contributed by atoms with Crippen LogP contribution in [0.5, 0.6) is 5.75 Å². The van der Waals surface area contributed by atoms with E-state index in [9.17, 15) is 32.3 Å². The lowest BCUT2D eigenvalue weighted by Crippen LogP contribution is -2.53. The van der Waals surface area contributed by atoms with E-state index in [1.54, 1.807) is 6.07 Å². The molecule has 1 heterocycles. The number of fused-ring (bicyclic) bond motifs is 1. The smallest absolute Gasteiger partial charge is 0.477 e. The number of halogens is 4. The summed E-state index contributed by atoms with van der Waals surface area (Å²) in [6.45, 7) is 1.25. The fourth-order valence-corrected chi connectivity index (χ4v) is 3.49. The Labute approximate surface area is 163 Å². The van der Waals surface area contributed by atoms with Crippen molar-refractivity contribution in [1.29, 1.82) is 0 Å². The highest BCUT2D eigenvalue weighted by molar-refractivity contribution is 6.26. The molecule has 1 atom stereocenters. The predicted molar refractivity (Wildman–Crippen MR) is 96.2 cm³/mol. The number of aliphatic carboxylic acids is 1. The Morgan fingerprint density at radius 2 is 1.86 bits per heavy atom. The standard InChI is InChI=1S/C20H15F4NO4/c1-11-15-7-6-14(29-20(22,23)24)9-16(15)25(2,18(26)17(11)19(27)28)10-12-4-3-5-13(21)8-12/h3-9H,10H2,1-2H3/p+1. The quantitative estimate of drug-likeness (QED) is 0.465. The van der Waals surface area contributed by atoms with E-state index in [4.69, 9.17) is 0 Å². The number of carbonyl (C=O) groups is 2. The third-order valence-corrected chi connectivity index (χ3v) is 4.78. The number of quaternary nitrogens is 1. The van der Waals surface area contributed by atoms with Crippen LogP contribution in [0.2, 0.25) is 0 Å². The highest BCUT2D eigenvalue weighted by Gasteiger charge is 2.47. The van der Waals surface area contributed by atoms with Gasteiger partial charge in [0.15, 0.2) is 11.3 Å². The second-order valence-electron chi connectivity index (χ2n) is 6.82. The number of alkyl halides is 3. The highest BCUT2D eigenvalue weighted by Crippen LogP contribution is 2.43. The first-order chi connectivity index (χ1) is 13.4. The van der Waals surface area contributed by atoms with Crippen LogP contribution < -0.4 is 9.22 Å². The monoisotopic (exact) mass is 410 g/mol. The van der Waals surface area contributed by atoms with E-state index in [0.717, 1.165) is 12.1 Å². The number of carbonyl (C=O) groups excluding carboxylic acids is 1. The molecule has 2 aromatic carbocycles. The van der Waals surface area contributed by atoms with Gasteiger partial charge >= 0.3 is 18.2 Å². The lowest BCUT2D eigenvalue weighted by atomic mass is 9.91. The number of rotatable bonds is 4. The molecule has 0 bridgehead atoms. The fourth-order valence-electron chi connectivity index (χ4n) is 3.49. The van der Waals surface area contributed by atoms with Crippen molar-refractivity contribution in [3.05, 3.63) is 65.0 Å². The van der Waals surface area contributed by atoms with E-state index in [2.05, 4.69) is 4.74 Å². The van der Waals surface area contributed by atoms with Crippen molar-refractivity contribution in [1.82, 2.24) is 4.48 Å². The molecular formula is C20H16F4NO4+. The number of carboxylic acid groups (broad SMARTS) is 1. The van der Waals surface area contributed by atoms with Gasteiger partial charge < -0.3 is 9.84 Å². The molecular weight excluding hydrogens is 394 g/mol. The minimum atomic E-state index is -4.93. The maximum absolute atomic E-state index is 13.6. The van der Waals surface area contributed by atoms with Gasteiger partial charge in [-0.1, -0.05) is 12.1 Å². The molecule has 152 valence electrons. The Balaban J connectivity index is 2.21. The lowest BCUT2D eigenvalue weighted by molar-refractivity contribution is -0.274. The van der Waals surface area contributed by atoms with Crippen LogP contribution in [-0.2, 0) is 16.1 Å². The van der Waals surface area contributed by atoms with Crippen molar-refractivity contribution in [2.45, 2.75) is 19.8 Å². The topological polar surface area (TPSA) is 63.6 Å². The van der Waals surface area contributed by atoms with E-state index in [0.29, 0.717) is 11.1 Å². The zero-order valence-corrected chi connectivity index (χ0v) is 15.4. The first kappa shape index (κ1) is 20.5. The third-order valence-electron chi connectivity index (χ3n) is 4.78. The second kappa shape index (κ2) is 7.00. The molecule has 0 aromatic heterocycles. The van der Waals surface area contributed by atoms with Crippen LogP contribution in [0.3, 0.4) is 0 Å². The molecule has 2 aromatic rings. The van der Waals surface area contributed by atoms with Gasteiger partial charge in [0.2, 0.25) is 0 Å². The Bertz CT molecular complexity index is 1050. The molecule has 9 heteroatoms. The zero-order valence-electron chi connectivity index (χ0n) is 15.4. The molecule has 1 aliphatic heterocycles. The minimum Gasteiger partial charge on any atom is -0.477 e. The predicted octanol–water partition coefficient (Wildman–Crippen LogP) is 4.26. The van der Waals surface area contributed by atoms with Crippen LogP contribution >= 0.6 is 0 Å². The summed E-state index contributed by atoms with van der Waals surface area (Å²) < 4.78 is 54.9. The summed E-state index contributed by atoms with van der Waals surface area (Å²) in [5.74, 6) is -3.37. The fraction of sp³-hybridized carbons (Fsp3) is 0.200. The molecule has 1 N–H and O–H groups in total. The van der Waals surface area contributed by atoms with E-state index in [1.165, 1.54) is 38.2 Å². The van der Waals surface area contributed by atoms with Crippen LogP contribution in [0.4, 0.5) is 23.2 Å². The Hall–Kier alpha value is -3.20. The molecule has 0 saturated heterocycles.